The zero-order valence-electron chi connectivity index (χ0n) is 43.7. The van der Waals surface area contributed by atoms with Crippen LogP contribution in [0.25, 0.3) is 0 Å². The van der Waals surface area contributed by atoms with Crippen molar-refractivity contribution in [3.63, 3.8) is 0 Å². The maximum Gasteiger partial charge on any atom is 0.305 e. The molecule has 3 N–H and O–H groups in total. The molecule has 2 atom stereocenters. The molecule has 65 heavy (non-hydrogen) atoms. The van der Waals surface area contributed by atoms with Gasteiger partial charge in [-0.1, -0.05) is 276 Å². The summed E-state index contributed by atoms with van der Waals surface area (Å²) >= 11 is 0. The van der Waals surface area contributed by atoms with Gasteiger partial charge in [-0.05, 0) is 51.4 Å². The number of esters is 1. The first-order valence-electron chi connectivity index (χ1n) is 29.1. The highest BCUT2D eigenvalue weighted by Crippen LogP contribution is 2.18. The third kappa shape index (κ3) is 51.6. The van der Waals surface area contributed by atoms with Gasteiger partial charge in [0.2, 0.25) is 5.91 Å². The third-order valence-electron chi connectivity index (χ3n) is 13.5. The molecule has 0 aliphatic heterocycles. The fraction of sp³-hybridized carbons (Fsp3) is 0.898. The van der Waals surface area contributed by atoms with Crippen LogP contribution in [0, 0.1) is 0 Å². The molecule has 0 aromatic carbocycles. The lowest BCUT2D eigenvalue weighted by molar-refractivity contribution is -0.143. The van der Waals surface area contributed by atoms with E-state index in [1.165, 1.54) is 231 Å². The van der Waals surface area contributed by atoms with Crippen LogP contribution < -0.4 is 5.32 Å². The minimum absolute atomic E-state index is 0.00957. The van der Waals surface area contributed by atoms with E-state index in [1.807, 2.05) is 0 Å². The number of hydrogen-bond acceptors (Lipinski definition) is 5. The molecule has 0 aromatic heterocycles. The van der Waals surface area contributed by atoms with Crippen LogP contribution in [0.15, 0.2) is 24.3 Å². The molecule has 0 heterocycles. The molecule has 0 aliphatic carbocycles. The molecule has 384 valence electrons. The molecular formula is C59H113NO5. The smallest absolute Gasteiger partial charge is 0.305 e. The summed E-state index contributed by atoms with van der Waals surface area (Å²) in [5, 5.41) is 23.3. The number of rotatable bonds is 54. The van der Waals surface area contributed by atoms with Crippen molar-refractivity contribution >= 4 is 11.9 Å². The van der Waals surface area contributed by atoms with Crippen molar-refractivity contribution in [2.75, 3.05) is 13.2 Å². The minimum Gasteiger partial charge on any atom is -0.466 e. The van der Waals surface area contributed by atoms with Crippen LogP contribution in [0.3, 0.4) is 0 Å². The highest BCUT2D eigenvalue weighted by atomic mass is 16.5. The summed E-state index contributed by atoms with van der Waals surface area (Å²) in [6, 6.07) is -0.546. The number of unbranched alkanes of at least 4 members (excludes halogenated alkanes) is 39. The van der Waals surface area contributed by atoms with E-state index < -0.39 is 12.1 Å². The van der Waals surface area contributed by atoms with Crippen molar-refractivity contribution in [3.05, 3.63) is 24.3 Å². The second-order valence-corrected chi connectivity index (χ2v) is 20.0. The normalized spacial score (nSPS) is 12.7. The van der Waals surface area contributed by atoms with Crippen LogP contribution >= 0.6 is 0 Å². The van der Waals surface area contributed by atoms with E-state index in [0.717, 1.165) is 51.4 Å². The van der Waals surface area contributed by atoms with Crippen LogP contribution in [-0.2, 0) is 14.3 Å². The van der Waals surface area contributed by atoms with E-state index in [0.29, 0.717) is 25.9 Å². The molecule has 6 heteroatoms. The van der Waals surface area contributed by atoms with Crippen LogP contribution in [0.5, 0.6) is 0 Å². The summed E-state index contributed by atoms with van der Waals surface area (Å²) in [7, 11) is 0. The first-order valence-corrected chi connectivity index (χ1v) is 29.1. The summed E-state index contributed by atoms with van der Waals surface area (Å²) in [6.45, 7) is 4.89. The average Bonchev–Trinajstić information content (AvgIpc) is 3.31. The van der Waals surface area contributed by atoms with Gasteiger partial charge in [-0.2, -0.15) is 0 Å². The number of amides is 1. The summed E-state index contributed by atoms with van der Waals surface area (Å²) < 4.78 is 5.46. The van der Waals surface area contributed by atoms with Crippen molar-refractivity contribution in [1.29, 1.82) is 0 Å². The number of hydrogen-bond donors (Lipinski definition) is 3. The van der Waals surface area contributed by atoms with Gasteiger partial charge in [0.1, 0.15) is 0 Å². The molecule has 0 radical (unpaired) electrons. The lowest BCUT2D eigenvalue weighted by Gasteiger charge is -2.22. The minimum atomic E-state index is -0.668. The van der Waals surface area contributed by atoms with Gasteiger partial charge in [0.05, 0.1) is 25.4 Å². The number of nitrogens with one attached hydrogen (secondary N) is 1. The number of carbonyl (C=O) groups is 2. The molecule has 0 aromatic rings. The molecule has 0 bridgehead atoms. The van der Waals surface area contributed by atoms with E-state index >= 15 is 0 Å². The second kappa shape index (κ2) is 54.9. The van der Waals surface area contributed by atoms with Crippen molar-refractivity contribution in [2.45, 2.75) is 328 Å². The maximum absolute atomic E-state index is 12.5. The molecule has 0 saturated carbocycles. The molecular weight excluding hydrogens is 803 g/mol. The first-order chi connectivity index (χ1) is 32.0. The summed E-state index contributed by atoms with van der Waals surface area (Å²) in [4.78, 5) is 24.5. The lowest BCUT2D eigenvalue weighted by atomic mass is 10.0. The number of aliphatic hydroxyl groups excluding tert-OH is 2. The molecule has 0 fully saturated rings. The van der Waals surface area contributed by atoms with E-state index in [-0.39, 0.29) is 18.5 Å². The van der Waals surface area contributed by atoms with E-state index in [1.54, 1.807) is 0 Å². The van der Waals surface area contributed by atoms with Crippen molar-refractivity contribution in [2.24, 2.45) is 0 Å². The standard InChI is InChI=1S/C59H113NO5/c1-3-5-7-9-11-13-15-17-18-19-21-24-28-31-35-39-43-47-51-57(62)56(55-61)60-58(63)52-48-44-40-36-32-29-25-22-20-23-26-30-34-38-42-46-50-54-65-59(64)53-49-45-41-37-33-27-16-14-12-10-8-6-4-2/h8,10,14,16,56-57,61-62H,3-7,9,11-13,15,17-55H2,1-2H3,(H,60,63)/b10-8-,16-14-. The van der Waals surface area contributed by atoms with Gasteiger partial charge in [-0.3, -0.25) is 9.59 Å². The van der Waals surface area contributed by atoms with Crippen LogP contribution in [-0.4, -0.2) is 47.4 Å². The maximum atomic E-state index is 12.5. The number of aliphatic hydroxyl groups is 2. The highest BCUT2D eigenvalue weighted by molar-refractivity contribution is 5.76. The Hall–Kier alpha value is -1.66. The topological polar surface area (TPSA) is 95.9 Å². The lowest BCUT2D eigenvalue weighted by Crippen LogP contribution is -2.45. The largest absolute Gasteiger partial charge is 0.466 e. The first kappa shape index (κ1) is 63.3. The molecule has 0 saturated heterocycles. The molecule has 1 amide bonds. The Balaban J connectivity index is 3.42. The second-order valence-electron chi connectivity index (χ2n) is 20.0. The zero-order valence-corrected chi connectivity index (χ0v) is 43.7. The van der Waals surface area contributed by atoms with Crippen molar-refractivity contribution in [1.82, 2.24) is 5.32 Å². The molecule has 0 rings (SSSR count). The summed E-state index contributed by atoms with van der Waals surface area (Å²) in [5.74, 6) is -0.0480. The SMILES string of the molecule is CCC/C=C\C/C=C\CCCCCCCC(=O)OCCCCCCCCCCCCCCCCCCCC(=O)NC(CO)C(O)CCCCCCCCCCCCCCCCCCCC. The Kier molecular flexibility index (Phi) is 53.5. The summed E-state index contributed by atoms with van der Waals surface area (Å²) in [6.07, 6.45) is 65.9. The predicted molar refractivity (Wildman–Crippen MR) is 283 cm³/mol. The van der Waals surface area contributed by atoms with Gasteiger partial charge in [0.15, 0.2) is 0 Å². The van der Waals surface area contributed by atoms with Gasteiger partial charge in [0.25, 0.3) is 0 Å². The Labute approximate surface area is 405 Å². The van der Waals surface area contributed by atoms with Crippen LogP contribution in [0.1, 0.15) is 316 Å². The number of allylic oxidation sites excluding steroid dienone is 4. The van der Waals surface area contributed by atoms with E-state index in [9.17, 15) is 19.8 Å². The van der Waals surface area contributed by atoms with E-state index in [2.05, 4.69) is 43.5 Å². The van der Waals surface area contributed by atoms with Crippen LogP contribution in [0.2, 0.25) is 0 Å². The van der Waals surface area contributed by atoms with Crippen molar-refractivity contribution < 1.29 is 24.5 Å². The Morgan fingerprint density at radius 1 is 0.431 bits per heavy atom. The van der Waals surface area contributed by atoms with Gasteiger partial charge in [0, 0.05) is 12.8 Å². The van der Waals surface area contributed by atoms with Gasteiger partial charge in [-0.25, -0.2) is 0 Å². The van der Waals surface area contributed by atoms with Gasteiger partial charge in [-0.15, -0.1) is 0 Å². The Morgan fingerprint density at radius 3 is 1.23 bits per heavy atom. The summed E-state index contributed by atoms with van der Waals surface area (Å²) in [5.41, 5.74) is 0. The molecule has 0 aliphatic rings. The number of ether oxygens (including phenoxy) is 1. The van der Waals surface area contributed by atoms with Crippen LogP contribution in [0.4, 0.5) is 0 Å². The molecule has 6 nitrogen and oxygen atoms in total. The zero-order chi connectivity index (χ0) is 47.2. The number of carbonyl (C=O) groups excluding carboxylic acids is 2. The predicted octanol–water partition coefficient (Wildman–Crippen LogP) is 17.9. The third-order valence-corrected chi connectivity index (χ3v) is 13.5. The quantitative estimate of drug-likeness (QED) is 0.0321. The fourth-order valence-electron chi connectivity index (χ4n) is 9.03. The molecule has 2 unspecified atom stereocenters. The van der Waals surface area contributed by atoms with Gasteiger partial charge < -0.3 is 20.3 Å². The van der Waals surface area contributed by atoms with E-state index in [4.69, 9.17) is 4.74 Å². The Bertz CT molecular complexity index is 1010. The molecule has 0 spiro atoms. The van der Waals surface area contributed by atoms with Gasteiger partial charge >= 0.3 is 5.97 Å². The highest BCUT2D eigenvalue weighted by Gasteiger charge is 2.20. The fourth-order valence-corrected chi connectivity index (χ4v) is 9.03. The monoisotopic (exact) mass is 916 g/mol. The average molecular weight is 917 g/mol. The Morgan fingerprint density at radius 2 is 0.800 bits per heavy atom. The van der Waals surface area contributed by atoms with Crippen molar-refractivity contribution in [3.8, 4) is 0 Å².